The highest BCUT2D eigenvalue weighted by atomic mass is 16.7. The van der Waals surface area contributed by atoms with E-state index in [1.807, 2.05) is 0 Å². The maximum atomic E-state index is 6.19. The third-order valence-electron chi connectivity index (χ3n) is 7.27. The van der Waals surface area contributed by atoms with E-state index in [1.54, 1.807) is 5.56 Å². The highest BCUT2D eigenvalue weighted by Crippen LogP contribution is 2.65. The fourth-order valence-electron chi connectivity index (χ4n) is 6.10. The van der Waals surface area contributed by atoms with Crippen LogP contribution in [0.1, 0.15) is 55.2 Å². The fraction of sp³-hybridized carbons (Fsp3) is 0.619. The van der Waals surface area contributed by atoms with Crippen LogP contribution in [-0.4, -0.2) is 19.0 Å². The molecule has 0 aromatic heterocycles. The summed E-state index contributed by atoms with van der Waals surface area (Å²) in [6.07, 6.45) is 9.67. The summed E-state index contributed by atoms with van der Waals surface area (Å²) in [6, 6.07) is 7.00. The Balaban J connectivity index is 1.54. The molecule has 3 fully saturated rings. The summed E-state index contributed by atoms with van der Waals surface area (Å²) in [4.78, 5) is 0. The molecule has 4 aliphatic rings. The highest BCUT2D eigenvalue weighted by molar-refractivity contribution is 5.60. The second-order valence-corrected chi connectivity index (χ2v) is 8.23. The molecule has 2 heteroatoms. The average molecular weight is 310 g/mol. The second-order valence-electron chi connectivity index (χ2n) is 8.23. The van der Waals surface area contributed by atoms with E-state index in [0.29, 0.717) is 17.8 Å². The minimum absolute atomic E-state index is 0.178. The van der Waals surface area contributed by atoms with Gasteiger partial charge in [0, 0.05) is 11.8 Å². The first-order valence-corrected chi connectivity index (χ1v) is 9.20. The summed E-state index contributed by atoms with van der Waals surface area (Å²) >= 11 is 0. The highest BCUT2D eigenvalue weighted by Gasteiger charge is 2.64. The molecule has 3 unspecified atom stereocenters. The fourth-order valence-corrected chi connectivity index (χ4v) is 6.10. The van der Waals surface area contributed by atoms with Crippen LogP contribution in [0.4, 0.5) is 0 Å². The minimum atomic E-state index is -0.288. The molecule has 3 aliphatic carbocycles. The van der Waals surface area contributed by atoms with Gasteiger partial charge in [-0.25, -0.2) is 0 Å². The number of rotatable bonds is 0. The molecule has 0 bridgehead atoms. The lowest BCUT2D eigenvalue weighted by atomic mass is 9.56. The number of hydrogen-bond donors (Lipinski definition) is 0. The summed E-state index contributed by atoms with van der Waals surface area (Å²) in [6.45, 7) is 6.17. The molecule has 4 atom stereocenters. The van der Waals surface area contributed by atoms with Crippen molar-refractivity contribution in [3.8, 4) is 0 Å². The number of benzene rings is 1. The van der Waals surface area contributed by atoms with Crippen molar-refractivity contribution in [1.82, 2.24) is 0 Å². The summed E-state index contributed by atoms with van der Waals surface area (Å²) in [5.74, 6) is 1.73. The molecule has 122 valence electrons. The van der Waals surface area contributed by atoms with Gasteiger partial charge in [0.05, 0.1) is 13.2 Å². The van der Waals surface area contributed by atoms with Crippen LogP contribution < -0.4 is 0 Å². The van der Waals surface area contributed by atoms with Crippen LogP contribution in [0.3, 0.4) is 0 Å². The Morgan fingerprint density at radius 1 is 1.09 bits per heavy atom. The average Bonchev–Trinajstić information content (AvgIpc) is 3.14. The Kier molecular flexibility index (Phi) is 2.91. The van der Waals surface area contributed by atoms with E-state index in [0.717, 1.165) is 19.6 Å². The Labute approximate surface area is 138 Å². The van der Waals surface area contributed by atoms with Crippen LogP contribution in [0.25, 0.3) is 6.08 Å². The Morgan fingerprint density at radius 3 is 2.74 bits per heavy atom. The number of hydrogen-bond acceptors (Lipinski definition) is 2. The SMILES string of the molecule is Cc1ccc2c(c1)C=CC1C2CC[C@@]2(C)C1CCC21OCCO1. The number of fused-ring (bicyclic) bond motifs is 6. The molecule has 1 aromatic rings. The van der Waals surface area contributed by atoms with Crippen molar-refractivity contribution in [1.29, 1.82) is 0 Å². The number of ether oxygens (including phenoxy) is 2. The van der Waals surface area contributed by atoms with E-state index in [4.69, 9.17) is 9.47 Å². The molecule has 1 spiro atoms. The monoisotopic (exact) mass is 310 g/mol. The Morgan fingerprint density at radius 2 is 1.91 bits per heavy atom. The van der Waals surface area contributed by atoms with Crippen LogP contribution >= 0.6 is 0 Å². The Hall–Kier alpha value is -1.12. The molecule has 5 rings (SSSR count). The van der Waals surface area contributed by atoms with Gasteiger partial charge in [-0.3, -0.25) is 0 Å². The molecule has 23 heavy (non-hydrogen) atoms. The van der Waals surface area contributed by atoms with Crippen molar-refractivity contribution in [3.05, 3.63) is 41.0 Å². The molecule has 2 saturated carbocycles. The van der Waals surface area contributed by atoms with Crippen molar-refractivity contribution in [3.63, 3.8) is 0 Å². The molecule has 0 radical (unpaired) electrons. The van der Waals surface area contributed by atoms with Gasteiger partial charge in [0.2, 0.25) is 0 Å². The zero-order valence-electron chi connectivity index (χ0n) is 14.2. The largest absolute Gasteiger partial charge is 0.347 e. The third kappa shape index (κ3) is 1.77. The molecule has 1 aromatic carbocycles. The number of allylic oxidation sites excluding steroid dienone is 1. The molecular weight excluding hydrogens is 284 g/mol. The van der Waals surface area contributed by atoms with Gasteiger partial charge in [-0.05, 0) is 55.1 Å². The van der Waals surface area contributed by atoms with Crippen molar-refractivity contribution in [2.45, 2.75) is 51.2 Å². The molecule has 0 amide bonds. The van der Waals surface area contributed by atoms with E-state index in [2.05, 4.69) is 44.2 Å². The lowest BCUT2D eigenvalue weighted by Gasteiger charge is -2.51. The molecule has 1 heterocycles. The van der Waals surface area contributed by atoms with E-state index in [-0.39, 0.29) is 11.2 Å². The van der Waals surface area contributed by atoms with E-state index in [9.17, 15) is 0 Å². The van der Waals surface area contributed by atoms with Crippen molar-refractivity contribution >= 4 is 6.08 Å². The molecule has 2 nitrogen and oxygen atoms in total. The molecule has 0 N–H and O–H groups in total. The van der Waals surface area contributed by atoms with Crippen LogP contribution in [0.15, 0.2) is 24.3 Å². The minimum Gasteiger partial charge on any atom is -0.347 e. The first-order chi connectivity index (χ1) is 11.1. The van der Waals surface area contributed by atoms with Gasteiger partial charge in [0.1, 0.15) is 0 Å². The summed E-state index contributed by atoms with van der Waals surface area (Å²) < 4.78 is 12.4. The predicted octanol–water partition coefficient (Wildman–Crippen LogP) is 4.67. The van der Waals surface area contributed by atoms with Crippen LogP contribution in [0.5, 0.6) is 0 Å². The van der Waals surface area contributed by atoms with Gasteiger partial charge in [0.25, 0.3) is 0 Å². The van der Waals surface area contributed by atoms with Gasteiger partial charge in [0.15, 0.2) is 5.79 Å². The van der Waals surface area contributed by atoms with Crippen LogP contribution in [-0.2, 0) is 9.47 Å². The Bertz CT molecular complexity index is 670. The van der Waals surface area contributed by atoms with Crippen LogP contribution in [0.2, 0.25) is 0 Å². The van der Waals surface area contributed by atoms with Gasteiger partial charge in [-0.1, -0.05) is 42.8 Å². The first-order valence-electron chi connectivity index (χ1n) is 9.20. The topological polar surface area (TPSA) is 18.5 Å². The summed E-state index contributed by atoms with van der Waals surface area (Å²) in [5.41, 5.74) is 4.55. The van der Waals surface area contributed by atoms with Crippen LogP contribution in [0, 0.1) is 24.2 Å². The lowest BCUT2D eigenvalue weighted by molar-refractivity contribution is -0.234. The zero-order chi connectivity index (χ0) is 15.7. The van der Waals surface area contributed by atoms with E-state index < -0.39 is 0 Å². The van der Waals surface area contributed by atoms with Crippen molar-refractivity contribution in [2.24, 2.45) is 17.3 Å². The zero-order valence-corrected chi connectivity index (χ0v) is 14.2. The quantitative estimate of drug-likeness (QED) is 0.693. The second kappa shape index (κ2) is 4.70. The number of aryl methyl sites for hydroxylation is 1. The maximum absolute atomic E-state index is 6.19. The van der Waals surface area contributed by atoms with E-state index >= 15 is 0 Å². The maximum Gasteiger partial charge on any atom is 0.174 e. The molecular formula is C21H26O2. The van der Waals surface area contributed by atoms with Crippen molar-refractivity contribution < 1.29 is 9.47 Å². The van der Waals surface area contributed by atoms with Gasteiger partial charge >= 0.3 is 0 Å². The first kappa shape index (κ1) is 14.2. The predicted molar refractivity (Wildman–Crippen MR) is 91.1 cm³/mol. The van der Waals surface area contributed by atoms with E-state index in [1.165, 1.54) is 30.4 Å². The van der Waals surface area contributed by atoms with Crippen molar-refractivity contribution in [2.75, 3.05) is 13.2 Å². The summed E-state index contributed by atoms with van der Waals surface area (Å²) in [7, 11) is 0. The lowest BCUT2D eigenvalue weighted by Crippen LogP contribution is -2.50. The standard InChI is InChI=1S/C21H26O2/c1-14-3-5-16-15(13-14)4-6-18-17(16)7-9-20(2)19(18)8-10-21(20)22-11-12-23-21/h3-6,13,17-19H,7-12H2,1-2H3/t17?,18?,19?,20-/m0/s1. The smallest absolute Gasteiger partial charge is 0.174 e. The van der Waals surface area contributed by atoms with Gasteiger partial charge in [-0.15, -0.1) is 0 Å². The van der Waals surface area contributed by atoms with Gasteiger partial charge < -0.3 is 9.47 Å². The summed E-state index contributed by atoms with van der Waals surface area (Å²) in [5, 5.41) is 0. The van der Waals surface area contributed by atoms with Gasteiger partial charge in [-0.2, -0.15) is 0 Å². The molecule has 1 saturated heterocycles. The third-order valence-corrected chi connectivity index (χ3v) is 7.27. The molecule has 1 aliphatic heterocycles. The normalized spacial score (nSPS) is 40.0.